The van der Waals surface area contributed by atoms with Crippen LogP contribution in [0.2, 0.25) is 0 Å². The molecule has 1 rings (SSSR count). The summed E-state index contributed by atoms with van der Waals surface area (Å²) in [5.41, 5.74) is 0. The van der Waals surface area contributed by atoms with Crippen LogP contribution in [-0.2, 0) is 7.05 Å². The summed E-state index contributed by atoms with van der Waals surface area (Å²) in [6.07, 6.45) is 32.7. The molecule has 0 aliphatic rings. The molecule has 0 saturated carbocycles. The minimum atomic E-state index is 0.726. The topological polar surface area (TPSA) is 19.7 Å². The van der Waals surface area contributed by atoms with Gasteiger partial charge >= 0.3 is 0 Å². The highest BCUT2D eigenvalue weighted by Crippen LogP contribution is 2.25. The number of hydrogen-bond donors (Lipinski definition) is 1. The van der Waals surface area contributed by atoms with Gasteiger partial charge in [-0.05, 0) is 12.8 Å². The minimum Gasteiger partial charge on any atom is -0.247 e. The van der Waals surface area contributed by atoms with Gasteiger partial charge in [0.1, 0.15) is 12.4 Å². The Balaban J connectivity index is 2.01. The van der Waals surface area contributed by atoms with E-state index >= 15 is 0 Å². The Morgan fingerprint density at radius 2 is 1.00 bits per heavy atom. The van der Waals surface area contributed by atoms with Crippen LogP contribution in [0.15, 0.2) is 12.4 Å². The molecule has 0 radical (unpaired) electrons. The highest BCUT2D eigenvalue weighted by Gasteiger charge is 2.20. The second kappa shape index (κ2) is 19.2. The summed E-state index contributed by atoms with van der Waals surface area (Å²) in [5.74, 6) is 2.17. The van der Waals surface area contributed by atoms with Crippen molar-refractivity contribution < 1.29 is 4.57 Å². The Hall–Kier alpha value is -0.790. The van der Waals surface area contributed by atoms with E-state index in [1.807, 2.05) is 0 Å². The second-order valence-electron chi connectivity index (χ2n) is 9.39. The van der Waals surface area contributed by atoms with E-state index in [0.717, 1.165) is 5.92 Å². The van der Waals surface area contributed by atoms with Gasteiger partial charge in [-0.2, -0.15) is 0 Å². The average molecular weight is 406 g/mol. The lowest BCUT2D eigenvalue weighted by atomic mass is 9.93. The zero-order valence-corrected chi connectivity index (χ0v) is 20.3. The molecule has 0 unspecified atom stereocenters. The standard InChI is InChI=1S/C27H52N2/c1-4-6-8-10-11-12-13-14-15-16-17-18-19-21-23-26(22-20-9-7-5-2)27-28-24-25-29(27)3/h24-26H,4-23H2,1-3H3/p+1/t26-/m0/s1. The van der Waals surface area contributed by atoms with Gasteiger partial charge in [-0.3, -0.25) is 0 Å². The molecule has 2 nitrogen and oxygen atoms in total. The molecule has 0 bridgehead atoms. The Labute approximate surface area is 183 Å². The van der Waals surface area contributed by atoms with Crippen molar-refractivity contribution >= 4 is 0 Å². The highest BCUT2D eigenvalue weighted by atomic mass is 15.0. The van der Waals surface area contributed by atoms with Crippen molar-refractivity contribution in [2.24, 2.45) is 7.05 Å². The molecule has 1 atom stereocenters. The Morgan fingerprint density at radius 3 is 1.38 bits per heavy atom. The first-order valence-electron chi connectivity index (χ1n) is 13.3. The van der Waals surface area contributed by atoms with Gasteiger partial charge in [-0.1, -0.05) is 129 Å². The Morgan fingerprint density at radius 1 is 0.621 bits per heavy atom. The van der Waals surface area contributed by atoms with E-state index in [2.05, 4.69) is 42.8 Å². The molecule has 29 heavy (non-hydrogen) atoms. The predicted molar refractivity (Wildman–Crippen MR) is 128 cm³/mol. The van der Waals surface area contributed by atoms with Crippen molar-refractivity contribution in [2.75, 3.05) is 0 Å². The van der Waals surface area contributed by atoms with Gasteiger partial charge in [0.05, 0.1) is 13.0 Å². The Kier molecular flexibility index (Phi) is 17.4. The summed E-state index contributed by atoms with van der Waals surface area (Å²) in [5, 5.41) is 0. The molecule has 0 aliphatic heterocycles. The summed E-state index contributed by atoms with van der Waals surface area (Å²) in [6, 6.07) is 0. The quantitative estimate of drug-likeness (QED) is 0.156. The number of aryl methyl sites for hydroxylation is 1. The number of aromatic amines is 1. The lowest BCUT2D eigenvalue weighted by Crippen LogP contribution is -2.32. The van der Waals surface area contributed by atoms with Crippen molar-refractivity contribution in [3.05, 3.63) is 18.2 Å². The number of aromatic nitrogens is 2. The van der Waals surface area contributed by atoms with Crippen LogP contribution in [0.25, 0.3) is 0 Å². The van der Waals surface area contributed by atoms with Crippen LogP contribution in [0.4, 0.5) is 0 Å². The van der Waals surface area contributed by atoms with E-state index in [1.54, 1.807) is 0 Å². The maximum Gasteiger partial charge on any atom is 0.257 e. The monoisotopic (exact) mass is 405 g/mol. The lowest BCUT2D eigenvalue weighted by Gasteiger charge is -2.13. The molecule has 0 amide bonds. The third kappa shape index (κ3) is 13.9. The third-order valence-corrected chi connectivity index (χ3v) is 6.61. The largest absolute Gasteiger partial charge is 0.257 e. The smallest absolute Gasteiger partial charge is 0.247 e. The molecule has 0 spiro atoms. The van der Waals surface area contributed by atoms with E-state index < -0.39 is 0 Å². The molecule has 170 valence electrons. The van der Waals surface area contributed by atoms with Crippen LogP contribution in [0, 0.1) is 0 Å². The highest BCUT2D eigenvalue weighted by molar-refractivity contribution is 4.89. The van der Waals surface area contributed by atoms with Crippen LogP contribution in [0.1, 0.15) is 154 Å². The maximum absolute atomic E-state index is 3.51. The molecule has 1 aromatic rings. The van der Waals surface area contributed by atoms with Gasteiger partial charge in [-0.25, -0.2) is 9.55 Å². The number of nitrogens with one attached hydrogen (secondary N) is 1. The number of rotatable bonds is 21. The second-order valence-corrected chi connectivity index (χ2v) is 9.39. The zero-order chi connectivity index (χ0) is 21.0. The molecule has 0 aliphatic carbocycles. The van der Waals surface area contributed by atoms with Crippen molar-refractivity contribution in [1.82, 2.24) is 4.98 Å². The molecule has 0 saturated heterocycles. The fourth-order valence-electron chi connectivity index (χ4n) is 4.64. The first-order chi connectivity index (χ1) is 14.3. The number of nitrogens with zero attached hydrogens (tertiary/aromatic N) is 1. The van der Waals surface area contributed by atoms with E-state index in [-0.39, 0.29) is 0 Å². The maximum atomic E-state index is 3.51. The average Bonchev–Trinajstić information content (AvgIpc) is 3.15. The summed E-state index contributed by atoms with van der Waals surface area (Å²) in [7, 11) is 2.19. The molecular weight excluding hydrogens is 352 g/mol. The number of unbranched alkanes of at least 4 members (excludes halogenated alkanes) is 16. The van der Waals surface area contributed by atoms with E-state index in [4.69, 9.17) is 0 Å². The predicted octanol–water partition coefficient (Wildman–Crippen LogP) is 8.76. The zero-order valence-electron chi connectivity index (χ0n) is 20.3. The molecule has 1 aromatic heterocycles. The molecule has 1 N–H and O–H groups in total. The third-order valence-electron chi connectivity index (χ3n) is 6.61. The minimum absolute atomic E-state index is 0.726. The van der Waals surface area contributed by atoms with Crippen LogP contribution < -0.4 is 4.57 Å². The molecule has 2 heteroatoms. The van der Waals surface area contributed by atoms with Crippen molar-refractivity contribution in [3.8, 4) is 0 Å². The molecule has 0 aromatic carbocycles. The first-order valence-corrected chi connectivity index (χ1v) is 13.3. The Bertz CT molecular complexity index is 451. The molecule has 1 heterocycles. The SMILES string of the molecule is CCCCCCCCCCCCCCCC[C@H](CCCCCC)c1[nH]cc[n+]1C. The van der Waals surface area contributed by atoms with E-state index in [1.165, 1.54) is 134 Å². The van der Waals surface area contributed by atoms with Gasteiger partial charge in [0.2, 0.25) is 0 Å². The van der Waals surface area contributed by atoms with Gasteiger partial charge in [0.25, 0.3) is 5.82 Å². The molecular formula is C27H53N2+. The van der Waals surface area contributed by atoms with Gasteiger partial charge in [-0.15, -0.1) is 0 Å². The van der Waals surface area contributed by atoms with E-state index in [0.29, 0.717) is 0 Å². The van der Waals surface area contributed by atoms with Crippen LogP contribution in [0.5, 0.6) is 0 Å². The van der Waals surface area contributed by atoms with Crippen molar-refractivity contribution in [2.45, 2.75) is 148 Å². The number of H-pyrrole nitrogens is 1. The summed E-state index contributed by atoms with van der Waals surface area (Å²) >= 11 is 0. The first kappa shape index (κ1) is 26.2. The van der Waals surface area contributed by atoms with Crippen molar-refractivity contribution in [3.63, 3.8) is 0 Å². The normalized spacial score (nSPS) is 12.5. The van der Waals surface area contributed by atoms with Crippen LogP contribution in [-0.4, -0.2) is 4.98 Å². The lowest BCUT2D eigenvalue weighted by molar-refractivity contribution is -0.679. The fraction of sp³-hybridized carbons (Fsp3) is 0.889. The van der Waals surface area contributed by atoms with Crippen LogP contribution in [0.3, 0.4) is 0 Å². The van der Waals surface area contributed by atoms with Gasteiger partial charge in [0.15, 0.2) is 0 Å². The van der Waals surface area contributed by atoms with Crippen molar-refractivity contribution in [1.29, 1.82) is 0 Å². The van der Waals surface area contributed by atoms with E-state index in [9.17, 15) is 0 Å². The van der Waals surface area contributed by atoms with Crippen LogP contribution >= 0.6 is 0 Å². The summed E-state index contributed by atoms with van der Waals surface area (Å²) in [6.45, 7) is 4.60. The van der Waals surface area contributed by atoms with Gasteiger partial charge in [0, 0.05) is 0 Å². The van der Waals surface area contributed by atoms with Gasteiger partial charge < -0.3 is 0 Å². The summed E-state index contributed by atoms with van der Waals surface area (Å²) in [4.78, 5) is 3.51. The number of imidazole rings is 1. The summed E-state index contributed by atoms with van der Waals surface area (Å²) < 4.78 is 2.30. The number of hydrogen-bond acceptors (Lipinski definition) is 0. The fourth-order valence-corrected chi connectivity index (χ4v) is 4.64. The molecule has 0 fully saturated rings.